The van der Waals surface area contributed by atoms with Gasteiger partial charge < -0.3 is 13.9 Å². The van der Waals surface area contributed by atoms with E-state index in [1.54, 1.807) is 0 Å². The van der Waals surface area contributed by atoms with E-state index in [1.165, 1.54) is 17.0 Å². The second-order valence-electron chi connectivity index (χ2n) is 6.96. The average molecular weight is 391 g/mol. The fourth-order valence-corrected chi connectivity index (χ4v) is 4.32. The molecule has 1 aliphatic heterocycles. The first kappa shape index (κ1) is 17.1. The zero-order valence-electron chi connectivity index (χ0n) is 15.5. The standard InChI is InChI=1S/C23H19ClN2O2/c1-2-28-23(27)18-6-3-7-20-22(18)19-13-17-5-4-12-25(17)14-21(19)26(20)16-10-8-15(24)9-11-16/h3-12H,2,13-14H2,1H3. The number of carbonyl (C=O) groups is 1. The van der Waals surface area contributed by atoms with E-state index in [-0.39, 0.29) is 5.97 Å². The Hall–Kier alpha value is -2.98. The molecular weight excluding hydrogens is 372 g/mol. The second-order valence-corrected chi connectivity index (χ2v) is 7.40. The Morgan fingerprint density at radius 1 is 1.11 bits per heavy atom. The van der Waals surface area contributed by atoms with Crippen molar-refractivity contribution in [2.45, 2.75) is 19.9 Å². The van der Waals surface area contributed by atoms with Gasteiger partial charge in [-0.3, -0.25) is 0 Å². The number of fused-ring (bicyclic) bond motifs is 4. The summed E-state index contributed by atoms with van der Waals surface area (Å²) in [6.45, 7) is 2.95. The number of carbonyl (C=O) groups excluding carboxylic acids is 1. The number of aromatic nitrogens is 2. The Morgan fingerprint density at radius 3 is 2.71 bits per heavy atom. The van der Waals surface area contributed by atoms with Crippen LogP contribution < -0.4 is 0 Å². The molecule has 0 atom stereocenters. The first-order chi connectivity index (χ1) is 13.7. The van der Waals surface area contributed by atoms with E-state index in [0.717, 1.165) is 29.6 Å². The lowest BCUT2D eigenvalue weighted by molar-refractivity contribution is 0.0528. The molecule has 0 fully saturated rings. The van der Waals surface area contributed by atoms with Crippen LogP contribution in [0.15, 0.2) is 60.8 Å². The molecule has 0 N–H and O–H groups in total. The van der Waals surface area contributed by atoms with Crippen molar-refractivity contribution in [1.29, 1.82) is 0 Å². The van der Waals surface area contributed by atoms with Crippen LogP contribution in [0.2, 0.25) is 5.02 Å². The van der Waals surface area contributed by atoms with Crippen LogP contribution in [0.3, 0.4) is 0 Å². The van der Waals surface area contributed by atoms with Gasteiger partial charge in [0.25, 0.3) is 0 Å². The Bertz CT molecular complexity index is 1200. The molecule has 3 heterocycles. The maximum absolute atomic E-state index is 12.7. The van der Waals surface area contributed by atoms with Gasteiger partial charge in [-0.15, -0.1) is 0 Å². The third-order valence-corrected chi connectivity index (χ3v) is 5.64. The molecule has 2 aromatic carbocycles. The van der Waals surface area contributed by atoms with Crippen LogP contribution in [0.1, 0.15) is 34.2 Å². The minimum atomic E-state index is -0.273. The molecular formula is C23H19ClN2O2. The van der Waals surface area contributed by atoms with Gasteiger partial charge in [-0.1, -0.05) is 17.7 Å². The van der Waals surface area contributed by atoms with Crippen molar-refractivity contribution in [3.8, 4) is 5.69 Å². The molecule has 0 aliphatic carbocycles. The molecule has 0 saturated heterocycles. The summed E-state index contributed by atoms with van der Waals surface area (Å²) in [7, 11) is 0. The number of nitrogens with zero attached hydrogens (tertiary/aromatic N) is 2. The lowest BCUT2D eigenvalue weighted by Gasteiger charge is -2.19. The Morgan fingerprint density at radius 2 is 1.93 bits per heavy atom. The third kappa shape index (κ3) is 2.56. The van der Waals surface area contributed by atoms with Crippen molar-refractivity contribution in [1.82, 2.24) is 9.13 Å². The van der Waals surface area contributed by atoms with Crippen LogP contribution in [0.25, 0.3) is 16.6 Å². The van der Waals surface area contributed by atoms with Gasteiger partial charge in [0, 0.05) is 40.1 Å². The highest BCUT2D eigenvalue weighted by Crippen LogP contribution is 2.37. The molecule has 0 radical (unpaired) electrons. The summed E-state index contributed by atoms with van der Waals surface area (Å²) < 4.78 is 9.85. The number of benzene rings is 2. The van der Waals surface area contributed by atoms with Gasteiger partial charge in [-0.25, -0.2) is 4.79 Å². The lowest BCUT2D eigenvalue weighted by atomic mass is 9.99. The van der Waals surface area contributed by atoms with Crippen LogP contribution in [-0.4, -0.2) is 21.7 Å². The van der Waals surface area contributed by atoms with Gasteiger partial charge in [-0.2, -0.15) is 0 Å². The SMILES string of the molecule is CCOC(=O)c1cccc2c1c1c(n2-c2ccc(Cl)cc2)Cn2cccc2C1. The van der Waals surface area contributed by atoms with E-state index in [4.69, 9.17) is 16.3 Å². The van der Waals surface area contributed by atoms with E-state index < -0.39 is 0 Å². The first-order valence-corrected chi connectivity index (χ1v) is 9.77. The molecule has 5 rings (SSSR count). The zero-order valence-corrected chi connectivity index (χ0v) is 16.2. The third-order valence-electron chi connectivity index (χ3n) is 5.39. The van der Waals surface area contributed by atoms with E-state index in [1.807, 2.05) is 43.3 Å². The molecule has 0 saturated carbocycles. The van der Waals surface area contributed by atoms with Crippen molar-refractivity contribution < 1.29 is 9.53 Å². The van der Waals surface area contributed by atoms with Crippen LogP contribution >= 0.6 is 11.6 Å². The quantitative estimate of drug-likeness (QED) is 0.396. The largest absolute Gasteiger partial charge is 0.462 e. The number of rotatable bonds is 3. The smallest absolute Gasteiger partial charge is 0.338 e. The highest BCUT2D eigenvalue weighted by Gasteiger charge is 2.27. The predicted octanol–water partition coefficient (Wildman–Crippen LogP) is 5.21. The molecule has 4 aromatic rings. The van der Waals surface area contributed by atoms with Crippen molar-refractivity contribution in [3.63, 3.8) is 0 Å². The van der Waals surface area contributed by atoms with Crippen LogP contribution in [0.5, 0.6) is 0 Å². The second kappa shape index (κ2) is 6.57. The molecule has 28 heavy (non-hydrogen) atoms. The predicted molar refractivity (Wildman–Crippen MR) is 111 cm³/mol. The molecule has 2 aromatic heterocycles. The first-order valence-electron chi connectivity index (χ1n) is 9.39. The van der Waals surface area contributed by atoms with Gasteiger partial charge in [0.05, 0.1) is 24.2 Å². The lowest BCUT2D eigenvalue weighted by Crippen LogP contribution is -2.15. The van der Waals surface area contributed by atoms with Gasteiger partial charge in [-0.05, 0) is 61.0 Å². The summed E-state index contributed by atoms with van der Waals surface area (Å²) in [6, 6.07) is 17.9. The Balaban J connectivity index is 1.82. The minimum Gasteiger partial charge on any atom is -0.462 e. The zero-order chi connectivity index (χ0) is 19.3. The highest BCUT2D eigenvalue weighted by molar-refractivity contribution is 6.30. The van der Waals surface area contributed by atoms with E-state index in [9.17, 15) is 4.79 Å². The summed E-state index contributed by atoms with van der Waals surface area (Å²) in [5, 5.41) is 1.69. The van der Waals surface area contributed by atoms with Gasteiger partial charge in [0.1, 0.15) is 0 Å². The van der Waals surface area contributed by atoms with Crippen LogP contribution in [0.4, 0.5) is 0 Å². The number of halogens is 1. The normalized spacial score (nSPS) is 12.6. The molecule has 0 unspecified atom stereocenters. The summed E-state index contributed by atoms with van der Waals surface area (Å²) in [5.74, 6) is -0.273. The Kier molecular flexibility index (Phi) is 4.02. The van der Waals surface area contributed by atoms with Gasteiger partial charge in [0.2, 0.25) is 0 Å². The summed E-state index contributed by atoms with van der Waals surface area (Å²) in [5.41, 5.74) is 6.32. The van der Waals surface area contributed by atoms with E-state index >= 15 is 0 Å². The fourth-order valence-electron chi connectivity index (χ4n) is 4.20. The Labute approximate surface area is 167 Å². The van der Waals surface area contributed by atoms with Crippen molar-refractivity contribution in [2.75, 3.05) is 6.61 Å². The van der Waals surface area contributed by atoms with Crippen molar-refractivity contribution in [3.05, 3.63) is 88.3 Å². The molecule has 140 valence electrons. The maximum atomic E-state index is 12.7. The van der Waals surface area contributed by atoms with E-state index in [2.05, 4.69) is 33.5 Å². The van der Waals surface area contributed by atoms with E-state index in [0.29, 0.717) is 17.2 Å². The fraction of sp³-hybridized carbons (Fsp3) is 0.174. The summed E-state index contributed by atoms with van der Waals surface area (Å²) in [4.78, 5) is 12.7. The maximum Gasteiger partial charge on any atom is 0.338 e. The molecule has 0 spiro atoms. The average Bonchev–Trinajstić information content (AvgIpc) is 3.28. The van der Waals surface area contributed by atoms with Crippen molar-refractivity contribution >= 4 is 28.5 Å². The van der Waals surface area contributed by atoms with Gasteiger partial charge >= 0.3 is 5.97 Å². The molecule has 4 nitrogen and oxygen atoms in total. The molecule has 0 bridgehead atoms. The van der Waals surface area contributed by atoms with Crippen molar-refractivity contribution in [2.24, 2.45) is 0 Å². The van der Waals surface area contributed by atoms with Crippen LogP contribution in [0, 0.1) is 0 Å². The van der Waals surface area contributed by atoms with Gasteiger partial charge in [0.15, 0.2) is 0 Å². The number of hydrogen-bond acceptors (Lipinski definition) is 2. The molecule has 1 aliphatic rings. The summed E-state index contributed by atoms with van der Waals surface area (Å²) in [6.07, 6.45) is 2.89. The highest BCUT2D eigenvalue weighted by atomic mass is 35.5. The minimum absolute atomic E-state index is 0.273. The monoisotopic (exact) mass is 390 g/mol. The number of ether oxygens (including phenoxy) is 1. The summed E-state index contributed by atoms with van der Waals surface area (Å²) >= 11 is 6.11. The topological polar surface area (TPSA) is 36.2 Å². The van der Waals surface area contributed by atoms with Crippen LogP contribution in [-0.2, 0) is 17.7 Å². The number of esters is 1. The molecule has 0 amide bonds. The molecule has 5 heteroatoms. The number of hydrogen-bond donors (Lipinski definition) is 0.